The summed E-state index contributed by atoms with van der Waals surface area (Å²) in [6, 6.07) is 0. The van der Waals surface area contributed by atoms with Crippen molar-refractivity contribution in [3.05, 3.63) is 16.1 Å². The molecule has 1 heterocycles. The van der Waals surface area contributed by atoms with Gasteiger partial charge in [0, 0.05) is 30.6 Å². The lowest BCUT2D eigenvalue weighted by atomic mass is 9.85. The minimum atomic E-state index is 0.158. The molecular weight excluding hydrogens is 266 g/mol. The van der Waals surface area contributed by atoms with Crippen molar-refractivity contribution in [2.24, 2.45) is 5.92 Å². The van der Waals surface area contributed by atoms with Crippen LogP contribution in [0.5, 0.6) is 0 Å². The summed E-state index contributed by atoms with van der Waals surface area (Å²) in [6.07, 6.45) is 4.28. The van der Waals surface area contributed by atoms with Gasteiger partial charge in [-0.1, -0.05) is 13.3 Å². The van der Waals surface area contributed by atoms with Gasteiger partial charge in [0.05, 0.1) is 5.69 Å². The highest BCUT2D eigenvalue weighted by atomic mass is 32.1. The molecule has 20 heavy (non-hydrogen) atoms. The van der Waals surface area contributed by atoms with E-state index in [4.69, 9.17) is 4.98 Å². The molecule has 0 spiro atoms. The van der Waals surface area contributed by atoms with Crippen molar-refractivity contribution in [1.82, 2.24) is 15.2 Å². The van der Waals surface area contributed by atoms with Crippen molar-refractivity contribution >= 4 is 11.3 Å². The molecule has 0 saturated heterocycles. The van der Waals surface area contributed by atoms with Gasteiger partial charge in [-0.3, -0.25) is 4.90 Å². The van der Waals surface area contributed by atoms with Crippen LogP contribution in [-0.4, -0.2) is 28.5 Å². The number of nitrogens with one attached hydrogen (secondary N) is 1. The molecule has 1 fully saturated rings. The van der Waals surface area contributed by atoms with Crippen LogP contribution in [0.2, 0.25) is 0 Å². The van der Waals surface area contributed by atoms with Crippen molar-refractivity contribution in [1.29, 1.82) is 0 Å². The van der Waals surface area contributed by atoms with Gasteiger partial charge < -0.3 is 5.32 Å². The second-order valence-electron chi connectivity index (χ2n) is 6.96. The lowest BCUT2D eigenvalue weighted by Crippen LogP contribution is -2.35. The predicted octanol–water partition coefficient (Wildman–Crippen LogP) is 3.65. The molecule has 0 radical (unpaired) electrons. The van der Waals surface area contributed by atoms with E-state index in [1.165, 1.54) is 36.5 Å². The van der Waals surface area contributed by atoms with Crippen molar-refractivity contribution in [2.45, 2.75) is 65.6 Å². The molecule has 2 rings (SSSR count). The maximum absolute atomic E-state index is 4.77. The van der Waals surface area contributed by atoms with E-state index in [0.29, 0.717) is 0 Å². The van der Waals surface area contributed by atoms with Gasteiger partial charge in [-0.2, -0.15) is 0 Å². The van der Waals surface area contributed by atoms with Crippen LogP contribution in [0, 0.1) is 5.92 Å². The molecule has 0 aliphatic heterocycles. The van der Waals surface area contributed by atoms with E-state index in [-0.39, 0.29) is 5.54 Å². The van der Waals surface area contributed by atoms with Crippen LogP contribution in [0.25, 0.3) is 0 Å². The normalized spacial score (nSPS) is 16.6. The number of hydrogen-bond donors (Lipinski definition) is 1. The van der Waals surface area contributed by atoms with Gasteiger partial charge in [-0.15, -0.1) is 11.3 Å². The van der Waals surface area contributed by atoms with Gasteiger partial charge in [0.1, 0.15) is 5.01 Å². The summed E-state index contributed by atoms with van der Waals surface area (Å²) >= 11 is 1.78. The van der Waals surface area contributed by atoms with Crippen LogP contribution < -0.4 is 5.32 Å². The molecule has 1 N–H and O–H groups in total. The zero-order valence-corrected chi connectivity index (χ0v) is 14.2. The minimum absolute atomic E-state index is 0.158. The van der Waals surface area contributed by atoms with Crippen molar-refractivity contribution < 1.29 is 0 Å². The molecule has 4 heteroatoms. The van der Waals surface area contributed by atoms with Crippen LogP contribution in [0.3, 0.4) is 0 Å². The average molecular weight is 295 g/mol. The molecule has 0 bridgehead atoms. The molecular formula is C16H29N3S. The first kappa shape index (κ1) is 15.9. The first-order valence-corrected chi connectivity index (χ1v) is 8.75. The average Bonchev–Trinajstić information content (AvgIpc) is 2.76. The molecule has 0 amide bonds. The minimum Gasteiger partial charge on any atom is -0.306 e. The maximum atomic E-state index is 4.77. The quantitative estimate of drug-likeness (QED) is 0.832. The fraction of sp³-hybridized carbons (Fsp3) is 0.812. The Morgan fingerprint density at radius 1 is 1.40 bits per heavy atom. The SMILES string of the molecule is CCN(Cc1csc(CNC(C)(C)C)n1)CC1CCC1. The first-order chi connectivity index (χ1) is 9.46. The predicted molar refractivity (Wildman–Crippen MR) is 87.0 cm³/mol. The molecule has 1 aromatic heterocycles. The molecule has 0 aromatic carbocycles. The van der Waals surface area contributed by atoms with Gasteiger partial charge in [-0.05, 0) is 46.1 Å². The molecule has 1 aliphatic carbocycles. The van der Waals surface area contributed by atoms with Crippen molar-refractivity contribution in [3.8, 4) is 0 Å². The van der Waals surface area contributed by atoms with Crippen LogP contribution >= 0.6 is 11.3 Å². The van der Waals surface area contributed by atoms with Crippen LogP contribution in [0.1, 0.15) is 57.7 Å². The first-order valence-electron chi connectivity index (χ1n) is 7.87. The number of rotatable bonds is 7. The molecule has 114 valence electrons. The third-order valence-electron chi connectivity index (χ3n) is 3.94. The van der Waals surface area contributed by atoms with Gasteiger partial charge in [-0.25, -0.2) is 4.98 Å². The van der Waals surface area contributed by atoms with E-state index in [2.05, 4.69) is 43.3 Å². The highest BCUT2D eigenvalue weighted by Gasteiger charge is 2.20. The van der Waals surface area contributed by atoms with E-state index >= 15 is 0 Å². The van der Waals surface area contributed by atoms with Crippen LogP contribution in [0.4, 0.5) is 0 Å². The summed E-state index contributed by atoms with van der Waals surface area (Å²) in [6.45, 7) is 13.1. The summed E-state index contributed by atoms with van der Waals surface area (Å²) in [4.78, 5) is 7.31. The topological polar surface area (TPSA) is 28.2 Å². The van der Waals surface area contributed by atoms with Gasteiger partial charge in [0.2, 0.25) is 0 Å². The lowest BCUT2D eigenvalue weighted by Gasteiger charge is -2.31. The third-order valence-corrected chi connectivity index (χ3v) is 4.84. The maximum Gasteiger partial charge on any atom is 0.107 e. The molecule has 0 unspecified atom stereocenters. The van der Waals surface area contributed by atoms with E-state index < -0.39 is 0 Å². The van der Waals surface area contributed by atoms with Crippen LogP contribution in [0.15, 0.2) is 5.38 Å². The summed E-state index contributed by atoms with van der Waals surface area (Å²) in [7, 11) is 0. The number of aromatic nitrogens is 1. The largest absolute Gasteiger partial charge is 0.306 e. The Balaban J connectivity index is 1.81. The fourth-order valence-corrected chi connectivity index (χ4v) is 3.14. The molecule has 1 aromatic rings. The molecule has 1 aliphatic rings. The van der Waals surface area contributed by atoms with E-state index in [1.807, 2.05) is 0 Å². The van der Waals surface area contributed by atoms with E-state index in [9.17, 15) is 0 Å². The standard InChI is InChI=1S/C16H29N3S/c1-5-19(10-13-7-6-8-13)11-14-12-20-15(18-14)9-17-16(2,3)4/h12-13,17H,5-11H2,1-4H3. The van der Waals surface area contributed by atoms with Crippen LogP contribution in [-0.2, 0) is 13.1 Å². The molecule has 3 nitrogen and oxygen atoms in total. The number of thiazole rings is 1. The number of nitrogens with zero attached hydrogens (tertiary/aromatic N) is 2. The van der Waals surface area contributed by atoms with Gasteiger partial charge in [0.25, 0.3) is 0 Å². The monoisotopic (exact) mass is 295 g/mol. The Kier molecular flexibility index (Phi) is 5.58. The van der Waals surface area contributed by atoms with Crippen molar-refractivity contribution in [2.75, 3.05) is 13.1 Å². The molecule has 1 saturated carbocycles. The summed E-state index contributed by atoms with van der Waals surface area (Å²) < 4.78 is 0. The van der Waals surface area contributed by atoms with Gasteiger partial charge in [0.15, 0.2) is 0 Å². The zero-order chi connectivity index (χ0) is 14.6. The highest BCUT2D eigenvalue weighted by Crippen LogP contribution is 2.27. The Hall–Kier alpha value is -0.450. The fourth-order valence-electron chi connectivity index (χ4n) is 2.42. The lowest BCUT2D eigenvalue weighted by molar-refractivity contribution is 0.177. The van der Waals surface area contributed by atoms with Crippen molar-refractivity contribution in [3.63, 3.8) is 0 Å². The zero-order valence-electron chi connectivity index (χ0n) is 13.4. The Morgan fingerprint density at radius 3 is 2.70 bits per heavy atom. The summed E-state index contributed by atoms with van der Waals surface area (Å²) in [5.74, 6) is 0.940. The highest BCUT2D eigenvalue weighted by molar-refractivity contribution is 7.09. The molecule has 0 atom stereocenters. The Labute approximate surface area is 127 Å². The van der Waals surface area contributed by atoms with E-state index in [1.54, 1.807) is 11.3 Å². The second-order valence-corrected chi connectivity index (χ2v) is 7.90. The second kappa shape index (κ2) is 7.01. The van der Waals surface area contributed by atoms with E-state index in [0.717, 1.165) is 25.6 Å². The Morgan fingerprint density at radius 2 is 2.15 bits per heavy atom. The summed E-state index contributed by atoms with van der Waals surface area (Å²) in [5, 5.41) is 6.93. The Bertz CT molecular complexity index is 404. The number of hydrogen-bond acceptors (Lipinski definition) is 4. The smallest absolute Gasteiger partial charge is 0.107 e. The van der Waals surface area contributed by atoms with Gasteiger partial charge >= 0.3 is 0 Å². The third kappa shape index (κ3) is 5.15. The summed E-state index contributed by atoms with van der Waals surface area (Å²) in [5.41, 5.74) is 1.40.